The number of aromatic nitrogens is 4. The molecule has 0 aliphatic carbocycles. The van der Waals surface area contributed by atoms with Crippen molar-refractivity contribution in [1.82, 2.24) is 19.9 Å². The maximum Gasteiger partial charge on any atom is 0.222 e. The monoisotopic (exact) mass is 318 g/mol. The van der Waals surface area contributed by atoms with Crippen molar-refractivity contribution in [3.05, 3.63) is 48.3 Å². The molecule has 4 aromatic rings. The van der Waals surface area contributed by atoms with Gasteiger partial charge in [0.05, 0.1) is 22.7 Å². The van der Waals surface area contributed by atoms with Crippen molar-refractivity contribution in [2.75, 3.05) is 11.5 Å². The van der Waals surface area contributed by atoms with Gasteiger partial charge in [-0.05, 0) is 30.7 Å². The van der Waals surface area contributed by atoms with Gasteiger partial charge in [-0.3, -0.25) is 9.97 Å². The quantitative estimate of drug-likeness (QED) is 0.584. The van der Waals surface area contributed by atoms with Crippen molar-refractivity contribution < 1.29 is 4.74 Å². The number of rotatable bonds is 2. The first-order valence-corrected chi connectivity index (χ1v) is 7.32. The van der Waals surface area contributed by atoms with Crippen LogP contribution in [-0.2, 0) is 0 Å². The molecule has 0 saturated heterocycles. The van der Waals surface area contributed by atoms with Gasteiger partial charge in [-0.1, -0.05) is 0 Å². The summed E-state index contributed by atoms with van der Waals surface area (Å²) >= 11 is 0. The third-order valence-corrected chi connectivity index (χ3v) is 3.69. The number of hydrogen-bond acceptors (Lipinski definition) is 7. The lowest BCUT2D eigenvalue weighted by Gasteiger charge is -2.11. The van der Waals surface area contributed by atoms with Crippen LogP contribution in [0.3, 0.4) is 0 Å². The summed E-state index contributed by atoms with van der Waals surface area (Å²) in [5, 5.41) is 0.743. The number of pyridine rings is 2. The summed E-state index contributed by atoms with van der Waals surface area (Å²) in [4.78, 5) is 16.8. The molecular weight excluding hydrogens is 304 g/mol. The molecule has 0 aliphatic heterocycles. The van der Waals surface area contributed by atoms with Crippen LogP contribution in [0.5, 0.6) is 11.5 Å². The van der Waals surface area contributed by atoms with E-state index >= 15 is 0 Å². The van der Waals surface area contributed by atoms with E-state index in [9.17, 15) is 0 Å². The van der Waals surface area contributed by atoms with Crippen LogP contribution in [0.4, 0.5) is 11.8 Å². The molecular formula is C17H14N6O. The lowest BCUT2D eigenvalue weighted by atomic mass is 10.1. The van der Waals surface area contributed by atoms with Gasteiger partial charge in [0.1, 0.15) is 17.3 Å². The van der Waals surface area contributed by atoms with Crippen LogP contribution >= 0.6 is 0 Å². The molecule has 0 amide bonds. The number of nitrogens with two attached hydrogens (primary N) is 2. The molecule has 0 aliphatic rings. The molecule has 0 atom stereocenters. The standard InChI is InChI=1S/C17H14N6O/c1-9-5-11-13(22-17(19)23-16(11)18)7-15(9)24-10-6-14-12(21-8-10)3-2-4-20-14/h2-8H,1H3,(H4,18,19,22,23). The maximum absolute atomic E-state index is 5.96. The van der Waals surface area contributed by atoms with Crippen molar-refractivity contribution in [3.8, 4) is 11.5 Å². The lowest BCUT2D eigenvalue weighted by molar-refractivity contribution is 0.478. The molecule has 7 heteroatoms. The number of ether oxygens (including phenoxy) is 1. The molecule has 0 saturated carbocycles. The van der Waals surface area contributed by atoms with Gasteiger partial charge in [0, 0.05) is 23.7 Å². The molecule has 4 rings (SSSR count). The zero-order valence-corrected chi connectivity index (χ0v) is 12.9. The fourth-order valence-electron chi connectivity index (χ4n) is 2.53. The van der Waals surface area contributed by atoms with Gasteiger partial charge in [0.25, 0.3) is 0 Å². The van der Waals surface area contributed by atoms with E-state index in [1.54, 1.807) is 18.5 Å². The maximum atomic E-state index is 5.96. The number of nitrogen functional groups attached to an aromatic ring is 2. The SMILES string of the molecule is Cc1cc2c(N)nc(N)nc2cc1Oc1cnc2cccnc2c1. The predicted octanol–water partition coefficient (Wildman–Crippen LogP) is 2.84. The van der Waals surface area contributed by atoms with E-state index in [0.717, 1.165) is 22.0 Å². The summed E-state index contributed by atoms with van der Waals surface area (Å²) in [5.41, 5.74) is 14.7. The first kappa shape index (κ1) is 14.1. The summed E-state index contributed by atoms with van der Waals surface area (Å²) in [6.45, 7) is 1.93. The van der Waals surface area contributed by atoms with E-state index < -0.39 is 0 Å². The van der Waals surface area contributed by atoms with Gasteiger partial charge in [0.2, 0.25) is 5.95 Å². The van der Waals surface area contributed by atoms with Gasteiger partial charge in [0.15, 0.2) is 0 Å². The normalized spacial score (nSPS) is 11.0. The fourth-order valence-corrected chi connectivity index (χ4v) is 2.53. The summed E-state index contributed by atoms with van der Waals surface area (Å²) in [5.74, 6) is 1.73. The van der Waals surface area contributed by atoms with Gasteiger partial charge in [-0.2, -0.15) is 4.98 Å². The third-order valence-electron chi connectivity index (χ3n) is 3.69. The Balaban J connectivity index is 1.79. The molecule has 1 aromatic carbocycles. The number of aryl methyl sites for hydroxylation is 1. The van der Waals surface area contributed by atoms with E-state index in [2.05, 4.69) is 19.9 Å². The molecule has 3 aromatic heterocycles. The molecule has 0 spiro atoms. The van der Waals surface area contributed by atoms with Crippen LogP contribution in [0.25, 0.3) is 21.9 Å². The minimum Gasteiger partial charge on any atom is -0.455 e. The smallest absolute Gasteiger partial charge is 0.222 e. The van der Waals surface area contributed by atoms with E-state index in [0.29, 0.717) is 22.8 Å². The van der Waals surface area contributed by atoms with E-state index in [4.69, 9.17) is 16.2 Å². The van der Waals surface area contributed by atoms with Crippen molar-refractivity contribution in [2.24, 2.45) is 0 Å². The van der Waals surface area contributed by atoms with Crippen LogP contribution in [-0.4, -0.2) is 19.9 Å². The fraction of sp³-hybridized carbons (Fsp3) is 0.0588. The van der Waals surface area contributed by atoms with Gasteiger partial charge in [-0.25, -0.2) is 4.98 Å². The predicted molar refractivity (Wildman–Crippen MR) is 92.7 cm³/mol. The topological polar surface area (TPSA) is 113 Å². The molecule has 118 valence electrons. The lowest BCUT2D eigenvalue weighted by Crippen LogP contribution is -2.01. The second kappa shape index (κ2) is 5.31. The Hall–Kier alpha value is -3.48. The van der Waals surface area contributed by atoms with Crippen LogP contribution in [0.1, 0.15) is 5.56 Å². The molecule has 0 bridgehead atoms. The zero-order chi connectivity index (χ0) is 16.7. The molecule has 3 heterocycles. The van der Waals surface area contributed by atoms with E-state index in [-0.39, 0.29) is 5.95 Å². The van der Waals surface area contributed by atoms with E-state index in [1.807, 2.05) is 31.2 Å². The van der Waals surface area contributed by atoms with Crippen molar-refractivity contribution >= 4 is 33.7 Å². The zero-order valence-electron chi connectivity index (χ0n) is 12.9. The Labute approximate surface area is 137 Å². The van der Waals surface area contributed by atoms with Crippen LogP contribution in [0.15, 0.2) is 42.7 Å². The average molecular weight is 318 g/mol. The summed E-state index contributed by atoms with van der Waals surface area (Å²) in [6, 6.07) is 9.26. The Morgan fingerprint density at radius 1 is 0.958 bits per heavy atom. The summed E-state index contributed by atoms with van der Waals surface area (Å²) < 4.78 is 5.96. The Bertz CT molecular complexity index is 1080. The van der Waals surface area contributed by atoms with Crippen LogP contribution in [0.2, 0.25) is 0 Å². The first-order valence-electron chi connectivity index (χ1n) is 7.32. The minimum atomic E-state index is 0.131. The third kappa shape index (κ3) is 2.41. The molecule has 7 nitrogen and oxygen atoms in total. The van der Waals surface area contributed by atoms with Crippen LogP contribution in [0, 0.1) is 6.92 Å². The number of hydrogen-bond donors (Lipinski definition) is 2. The largest absolute Gasteiger partial charge is 0.455 e. The highest BCUT2D eigenvalue weighted by atomic mass is 16.5. The summed E-state index contributed by atoms with van der Waals surface area (Å²) in [6.07, 6.45) is 3.38. The van der Waals surface area contributed by atoms with Gasteiger partial charge >= 0.3 is 0 Å². The second-order valence-electron chi connectivity index (χ2n) is 5.42. The number of fused-ring (bicyclic) bond motifs is 2. The average Bonchev–Trinajstić information content (AvgIpc) is 2.56. The number of anilines is 2. The van der Waals surface area contributed by atoms with Crippen molar-refractivity contribution in [1.29, 1.82) is 0 Å². The molecule has 0 radical (unpaired) electrons. The van der Waals surface area contributed by atoms with Crippen molar-refractivity contribution in [3.63, 3.8) is 0 Å². The number of benzene rings is 1. The highest BCUT2D eigenvalue weighted by molar-refractivity contribution is 5.90. The minimum absolute atomic E-state index is 0.131. The second-order valence-corrected chi connectivity index (χ2v) is 5.42. The molecule has 4 N–H and O–H groups in total. The van der Waals surface area contributed by atoms with E-state index in [1.165, 1.54) is 0 Å². The molecule has 0 unspecified atom stereocenters. The first-order chi connectivity index (χ1) is 11.6. The number of nitrogens with zero attached hydrogens (tertiary/aromatic N) is 4. The summed E-state index contributed by atoms with van der Waals surface area (Å²) in [7, 11) is 0. The Morgan fingerprint density at radius 3 is 2.71 bits per heavy atom. The van der Waals surface area contributed by atoms with Gasteiger partial charge < -0.3 is 16.2 Å². The van der Waals surface area contributed by atoms with Crippen molar-refractivity contribution in [2.45, 2.75) is 6.92 Å². The molecule has 24 heavy (non-hydrogen) atoms. The highest BCUT2D eigenvalue weighted by Crippen LogP contribution is 2.31. The van der Waals surface area contributed by atoms with Gasteiger partial charge in [-0.15, -0.1) is 0 Å². The highest BCUT2D eigenvalue weighted by Gasteiger charge is 2.10. The Morgan fingerprint density at radius 2 is 1.83 bits per heavy atom. The van der Waals surface area contributed by atoms with Crippen LogP contribution < -0.4 is 16.2 Å². The molecule has 0 fully saturated rings. The Kier molecular flexibility index (Phi) is 3.13.